The van der Waals surface area contributed by atoms with Crippen molar-refractivity contribution >= 4 is 12.0 Å². The van der Waals surface area contributed by atoms with E-state index < -0.39 is 0 Å². The summed E-state index contributed by atoms with van der Waals surface area (Å²) in [4.78, 5) is 12.1. The lowest BCUT2D eigenvalue weighted by molar-refractivity contribution is -0.117. The first kappa shape index (κ1) is 15.6. The highest BCUT2D eigenvalue weighted by molar-refractivity contribution is 6.01. The maximum Gasteiger partial charge on any atom is 0.262 e. The summed E-state index contributed by atoms with van der Waals surface area (Å²) >= 11 is 0. The van der Waals surface area contributed by atoms with Gasteiger partial charge in [0.1, 0.15) is 11.6 Å². The molecule has 4 nitrogen and oxygen atoms in total. The number of hydrogen-bond acceptors (Lipinski definition) is 2. The summed E-state index contributed by atoms with van der Waals surface area (Å²) in [5, 5.41) is 12.0. The lowest BCUT2D eigenvalue weighted by Gasteiger charge is -2.04. The van der Waals surface area contributed by atoms with E-state index in [0.29, 0.717) is 6.54 Å². The number of aromatic nitrogens is 1. The molecule has 0 aliphatic rings. The third-order valence-electron chi connectivity index (χ3n) is 3.78. The molecule has 112 valence electrons. The van der Waals surface area contributed by atoms with Gasteiger partial charge in [-0.25, -0.2) is 0 Å². The Morgan fingerprint density at radius 1 is 1.32 bits per heavy atom. The molecule has 0 saturated heterocycles. The zero-order valence-corrected chi connectivity index (χ0v) is 13.1. The monoisotopic (exact) mass is 293 g/mol. The van der Waals surface area contributed by atoms with Gasteiger partial charge in [-0.1, -0.05) is 30.3 Å². The number of nitrogens with zero attached hydrogens (tertiary/aromatic N) is 2. The molecule has 1 aromatic carbocycles. The average molecular weight is 293 g/mol. The minimum absolute atomic E-state index is 0.115. The van der Waals surface area contributed by atoms with Crippen molar-refractivity contribution < 1.29 is 4.79 Å². The number of carbonyl (C=O) groups excluding carboxylic acids is 1. The molecule has 22 heavy (non-hydrogen) atoms. The second-order valence-corrected chi connectivity index (χ2v) is 5.22. The number of nitrogens with one attached hydrogen (secondary N) is 1. The van der Waals surface area contributed by atoms with Gasteiger partial charge in [-0.15, -0.1) is 0 Å². The Morgan fingerprint density at radius 3 is 2.55 bits per heavy atom. The zero-order valence-electron chi connectivity index (χ0n) is 13.1. The standard InChI is InChI=1S/C18H19N3O/c1-13-9-16(14(2)21(13)3)10-17(11-19)18(22)20-12-15-7-5-4-6-8-15/h4-10H,12H2,1-3H3,(H,20,22). The van der Waals surface area contributed by atoms with Crippen molar-refractivity contribution in [3.63, 3.8) is 0 Å². The van der Waals surface area contributed by atoms with E-state index in [1.807, 2.05) is 67.9 Å². The van der Waals surface area contributed by atoms with Crippen molar-refractivity contribution in [3.05, 3.63) is 64.5 Å². The molecule has 1 heterocycles. The molecule has 2 rings (SSSR count). The Balaban J connectivity index is 2.14. The Bertz CT molecular complexity index is 749. The first-order chi connectivity index (χ1) is 10.5. The second kappa shape index (κ2) is 6.77. The molecule has 0 unspecified atom stereocenters. The van der Waals surface area contributed by atoms with E-state index in [-0.39, 0.29) is 11.5 Å². The molecule has 1 amide bonds. The first-order valence-corrected chi connectivity index (χ1v) is 7.09. The van der Waals surface area contributed by atoms with Gasteiger partial charge in [0.15, 0.2) is 0 Å². The SMILES string of the molecule is Cc1cc(C=C(C#N)C(=O)NCc2ccccc2)c(C)n1C. The molecule has 0 radical (unpaired) electrons. The predicted molar refractivity (Wildman–Crippen MR) is 86.8 cm³/mol. The van der Waals surface area contributed by atoms with Gasteiger partial charge in [0.2, 0.25) is 0 Å². The van der Waals surface area contributed by atoms with E-state index in [9.17, 15) is 10.1 Å². The van der Waals surface area contributed by atoms with Gasteiger partial charge in [0.05, 0.1) is 0 Å². The molecule has 4 heteroatoms. The highest BCUT2D eigenvalue weighted by Gasteiger charge is 2.11. The Kier molecular flexibility index (Phi) is 4.80. The Labute approximate surface area is 130 Å². The van der Waals surface area contributed by atoms with Gasteiger partial charge in [-0.3, -0.25) is 4.79 Å². The molecule has 0 saturated carbocycles. The van der Waals surface area contributed by atoms with Crippen LogP contribution in [0.4, 0.5) is 0 Å². The molecule has 0 aliphatic carbocycles. The van der Waals surface area contributed by atoms with Crippen molar-refractivity contribution in [1.29, 1.82) is 5.26 Å². The summed E-state index contributed by atoms with van der Waals surface area (Å²) in [5.74, 6) is -0.354. The largest absolute Gasteiger partial charge is 0.352 e. The molecular weight excluding hydrogens is 274 g/mol. The van der Waals surface area contributed by atoms with E-state index in [2.05, 4.69) is 5.32 Å². The van der Waals surface area contributed by atoms with E-state index in [0.717, 1.165) is 22.5 Å². The Morgan fingerprint density at radius 2 is 2.00 bits per heavy atom. The fourth-order valence-electron chi connectivity index (χ4n) is 2.21. The van der Waals surface area contributed by atoms with Crippen LogP contribution >= 0.6 is 0 Å². The minimum Gasteiger partial charge on any atom is -0.352 e. The van der Waals surface area contributed by atoms with E-state index in [4.69, 9.17) is 0 Å². The van der Waals surface area contributed by atoms with Crippen LogP contribution in [0.3, 0.4) is 0 Å². The van der Waals surface area contributed by atoms with Gasteiger partial charge < -0.3 is 9.88 Å². The van der Waals surface area contributed by atoms with Crippen LogP contribution in [0.25, 0.3) is 6.08 Å². The molecule has 1 aromatic heterocycles. The summed E-state index contributed by atoms with van der Waals surface area (Å²) in [6, 6.07) is 13.6. The maximum absolute atomic E-state index is 12.1. The van der Waals surface area contributed by atoms with E-state index in [1.54, 1.807) is 6.08 Å². The quantitative estimate of drug-likeness (QED) is 0.696. The van der Waals surface area contributed by atoms with Crippen molar-refractivity contribution in [3.8, 4) is 6.07 Å². The molecule has 0 fully saturated rings. The van der Waals surface area contributed by atoms with Gasteiger partial charge in [0.25, 0.3) is 5.91 Å². The van der Waals surface area contributed by atoms with Crippen LogP contribution in [0.2, 0.25) is 0 Å². The van der Waals surface area contributed by atoms with Crippen LogP contribution in [-0.4, -0.2) is 10.5 Å². The molecule has 0 aliphatic heterocycles. The molecule has 0 spiro atoms. The third-order valence-corrected chi connectivity index (χ3v) is 3.78. The Hall–Kier alpha value is -2.80. The molecule has 0 atom stereocenters. The number of amides is 1. The maximum atomic E-state index is 12.1. The lowest BCUT2D eigenvalue weighted by atomic mass is 10.1. The van der Waals surface area contributed by atoms with Gasteiger partial charge in [0, 0.05) is 25.0 Å². The minimum atomic E-state index is -0.354. The summed E-state index contributed by atoms with van der Waals surface area (Å²) in [5.41, 5.74) is 4.13. The van der Waals surface area contributed by atoms with Crippen LogP contribution < -0.4 is 5.32 Å². The van der Waals surface area contributed by atoms with Crippen molar-refractivity contribution in [2.75, 3.05) is 0 Å². The normalized spacial score (nSPS) is 11.1. The first-order valence-electron chi connectivity index (χ1n) is 7.09. The number of nitriles is 1. The third kappa shape index (κ3) is 3.44. The number of carbonyl (C=O) groups is 1. The smallest absolute Gasteiger partial charge is 0.262 e. The summed E-state index contributed by atoms with van der Waals surface area (Å²) in [6.45, 7) is 4.37. The topological polar surface area (TPSA) is 57.8 Å². The summed E-state index contributed by atoms with van der Waals surface area (Å²) in [7, 11) is 1.96. The highest BCUT2D eigenvalue weighted by Crippen LogP contribution is 2.16. The lowest BCUT2D eigenvalue weighted by Crippen LogP contribution is -2.23. The van der Waals surface area contributed by atoms with Crippen molar-refractivity contribution in [1.82, 2.24) is 9.88 Å². The zero-order chi connectivity index (χ0) is 16.1. The predicted octanol–water partition coefficient (Wildman–Crippen LogP) is 2.87. The molecule has 0 bridgehead atoms. The van der Waals surface area contributed by atoms with Crippen LogP contribution in [0.5, 0.6) is 0 Å². The fraction of sp³-hybridized carbons (Fsp3) is 0.222. The van der Waals surface area contributed by atoms with E-state index >= 15 is 0 Å². The number of benzene rings is 1. The van der Waals surface area contributed by atoms with Crippen LogP contribution in [0, 0.1) is 25.2 Å². The van der Waals surface area contributed by atoms with Crippen molar-refractivity contribution in [2.45, 2.75) is 20.4 Å². The second-order valence-electron chi connectivity index (χ2n) is 5.22. The molecule has 2 aromatic rings. The van der Waals surface area contributed by atoms with Crippen LogP contribution in [0.1, 0.15) is 22.5 Å². The van der Waals surface area contributed by atoms with Crippen LogP contribution in [0.15, 0.2) is 42.0 Å². The van der Waals surface area contributed by atoms with Crippen molar-refractivity contribution in [2.24, 2.45) is 7.05 Å². The number of hydrogen-bond donors (Lipinski definition) is 1. The van der Waals surface area contributed by atoms with Crippen LogP contribution in [-0.2, 0) is 18.4 Å². The fourth-order valence-corrected chi connectivity index (χ4v) is 2.21. The molecular formula is C18H19N3O. The molecule has 1 N–H and O–H groups in total. The van der Waals surface area contributed by atoms with Gasteiger partial charge >= 0.3 is 0 Å². The average Bonchev–Trinajstić information content (AvgIpc) is 2.78. The summed E-state index contributed by atoms with van der Waals surface area (Å²) in [6.07, 6.45) is 1.64. The van der Waals surface area contributed by atoms with Gasteiger partial charge in [-0.05, 0) is 37.1 Å². The number of rotatable bonds is 4. The van der Waals surface area contributed by atoms with E-state index in [1.165, 1.54) is 0 Å². The highest BCUT2D eigenvalue weighted by atomic mass is 16.1. The summed E-state index contributed by atoms with van der Waals surface area (Å²) < 4.78 is 2.03. The number of aryl methyl sites for hydroxylation is 1. The van der Waals surface area contributed by atoms with Gasteiger partial charge in [-0.2, -0.15) is 5.26 Å².